The van der Waals surface area contributed by atoms with Gasteiger partial charge < -0.3 is 0 Å². The van der Waals surface area contributed by atoms with Crippen LogP contribution >= 0.6 is 11.6 Å². The molecule has 19 heavy (non-hydrogen) atoms. The van der Waals surface area contributed by atoms with E-state index >= 15 is 0 Å². The van der Waals surface area contributed by atoms with Crippen molar-refractivity contribution in [1.82, 2.24) is 5.43 Å². The lowest BCUT2D eigenvalue weighted by Gasteiger charge is -2.29. The van der Waals surface area contributed by atoms with Gasteiger partial charge >= 0.3 is 0 Å². The summed E-state index contributed by atoms with van der Waals surface area (Å²) in [4.78, 5) is 0. The Labute approximate surface area is 121 Å². The molecule has 1 aromatic rings. The third-order valence-corrected chi connectivity index (χ3v) is 4.76. The first-order valence-corrected chi connectivity index (χ1v) is 7.82. The van der Waals surface area contributed by atoms with Crippen LogP contribution in [-0.2, 0) is 0 Å². The van der Waals surface area contributed by atoms with E-state index in [1.165, 1.54) is 50.5 Å². The number of benzene rings is 1. The van der Waals surface area contributed by atoms with Crippen molar-refractivity contribution in [2.45, 2.75) is 57.9 Å². The van der Waals surface area contributed by atoms with Crippen LogP contribution in [0.25, 0.3) is 0 Å². The Morgan fingerprint density at radius 1 is 1.16 bits per heavy atom. The normalized spacial score (nSPS) is 19.7. The molecule has 1 aliphatic rings. The predicted molar refractivity (Wildman–Crippen MR) is 82.1 cm³/mol. The van der Waals surface area contributed by atoms with Gasteiger partial charge in [-0.1, -0.05) is 55.8 Å². The molecule has 2 rings (SSSR count). The molecule has 1 saturated carbocycles. The maximum Gasteiger partial charge on any atom is 0.0488 e. The molecule has 0 amide bonds. The van der Waals surface area contributed by atoms with E-state index in [0.29, 0.717) is 5.92 Å². The number of rotatable bonds is 3. The van der Waals surface area contributed by atoms with Gasteiger partial charge in [0, 0.05) is 11.1 Å². The number of halogens is 1. The monoisotopic (exact) mass is 280 g/mol. The lowest BCUT2D eigenvalue weighted by molar-refractivity contribution is 0.290. The topological polar surface area (TPSA) is 38.0 Å². The van der Waals surface area contributed by atoms with Crippen LogP contribution in [0.1, 0.15) is 62.1 Å². The lowest BCUT2D eigenvalue weighted by atomic mass is 9.83. The minimum absolute atomic E-state index is 0.233. The summed E-state index contributed by atoms with van der Waals surface area (Å²) >= 11 is 6.24. The summed E-state index contributed by atoms with van der Waals surface area (Å²) in [7, 11) is 0. The molecule has 1 fully saturated rings. The summed E-state index contributed by atoms with van der Waals surface area (Å²) in [6.45, 7) is 2.03. The summed E-state index contributed by atoms with van der Waals surface area (Å²) in [5.41, 5.74) is 5.37. The zero-order valence-electron chi connectivity index (χ0n) is 11.8. The van der Waals surface area contributed by atoms with Gasteiger partial charge in [0.1, 0.15) is 0 Å². The highest BCUT2D eigenvalue weighted by atomic mass is 35.5. The maximum absolute atomic E-state index is 6.24. The molecule has 3 heteroatoms. The van der Waals surface area contributed by atoms with Crippen molar-refractivity contribution in [2.75, 3.05) is 0 Å². The van der Waals surface area contributed by atoms with Crippen molar-refractivity contribution < 1.29 is 0 Å². The molecule has 0 spiro atoms. The molecule has 106 valence electrons. The summed E-state index contributed by atoms with van der Waals surface area (Å²) in [5.74, 6) is 6.45. The van der Waals surface area contributed by atoms with Gasteiger partial charge in [-0.25, -0.2) is 0 Å². The Hall–Kier alpha value is -0.570. The van der Waals surface area contributed by atoms with Crippen LogP contribution in [-0.4, -0.2) is 0 Å². The van der Waals surface area contributed by atoms with Gasteiger partial charge in [-0.15, -0.1) is 0 Å². The Bertz CT molecular complexity index is 398. The summed E-state index contributed by atoms with van der Waals surface area (Å²) in [5, 5.41) is 0.837. The van der Waals surface area contributed by atoms with Gasteiger partial charge in [-0.3, -0.25) is 11.3 Å². The number of hydrogen-bond donors (Lipinski definition) is 2. The Balaban J connectivity index is 2.14. The quantitative estimate of drug-likeness (QED) is 0.631. The van der Waals surface area contributed by atoms with E-state index in [-0.39, 0.29) is 6.04 Å². The maximum atomic E-state index is 6.24. The molecule has 1 unspecified atom stereocenters. The number of nitrogens with one attached hydrogen (secondary N) is 1. The summed E-state index contributed by atoms with van der Waals surface area (Å²) < 4.78 is 0. The predicted octanol–water partition coefficient (Wildman–Crippen LogP) is 4.51. The molecule has 0 saturated heterocycles. The lowest BCUT2D eigenvalue weighted by Crippen LogP contribution is -2.34. The zero-order chi connectivity index (χ0) is 13.7. The van der Waals surface area contributed by atoms with E-state index in [1.54, 1.807) is 0 Å². The molecule has 0 aliphatic heterocycles. The molecule has 0 radical (unpaired) electrons. The standard InChI is InChI=1S/C16H25ClN2/c1-12-9-10-14(11-15(12)17)16(19-18)13-7-5-3-2-4-6-8-13/h9-11,13,16,19H,2-8,18H2,1H3. The molecule has 1 aromatic carbocycles. The van der Waals surface area contributed by atoms with Crippen LogP contribution < -0.4 is 11.3 Å². The first kappa shape index (κ1) is 14.8. The largest absolute Gasteiger partial charge is 0.271 e. The highest BCUT2D eigenvalue weighted by Gasteiger charge is 2.23. The van der Waals surface area contributed by atoms with E-state index in [0.717, 1.165) is 10.6 Å². The molecule has 0 heterocycles. The van der Waals surface area contributed by atoms with Gasteiger partial charge in [-0.2, -0.15) is 0 Å². The molecule has 1 atom stereocenters. The Kier molecular flexibility index (Phi) is 5.68. The second-order valence-corrected chi connectivity index (χ2v) is 6.17. The smallest absolute Gasteiger partial charge is 0.0488 e. The molecule has 0 bridgehead atoms. The molecule has 3 N–H and O–H groups in total. The fraction of sp³-hybridized carbons (Fsp3) is 0.625. The van der Waals surface area contributed by atoms with Crippen molar-refractivity contribution in [3.63, 3.8) is 0 Å². The van der Waals surface area contributed by atoms with Crippen LogP contribution in [0, 0.1) is 12.8 Å². The molecular weight excluding hydrogens is 256 g/mol. The van der Waals surface area contributed by atoms with E-state index in [9.17, 15) is 0 Å². The Morgan fingerprint density at radius 2 is 1.79 bits per heavy atom. The van der Waals surface area contributed by atoms with Crippen LogP contribution in [0.3, 0.4) is 0 Å². The SMILES string of the molecule is Cc1ccc(C(NN)C2CCCCCCC2)cc1Cl. The number of hydrogen-bond acceptors (Lipinski definition) is 2. The highest BCUT2D eigenvalue weighted by molar-refractivity contribution is 6.31. The van der Waals surface area contributed by atoms with Gasteiger partial charge in [-0.05, 0) is 42.9 Å². The fourth-order valence-electron chi connectivity index (χ4n) is 3.13. The third-order valence-electron chi connectivity index (χ3n) is 4.36. The summed E-state index contributed by atoms with van der Waals surface area (Å²) in [6.07, 6.45) is 9.29. The summed E-state index contributed by atoms with van der Waals surface area (Å²) in [6, 6.07) is 6.55. The number of hydrazine groups is 1. The van der Waals surface area contributed by atoms with Crippen molar-refractivity contribution in [2.24, 2.45) is 11.8 Å². The average Bonchev–Trinajstić information content (AvgIpc) is 2.36. The van der Waals surface area contributed by atoms with Gasteiger partial charge in [0.25, 0.3) is 0 Å². The molecular formula is C16H25ClN2. The van der Waals surface area contributed by atoms with Gasteiger partial charge in [0.2, 0.25) is 0 Å². The number of nitrogens with two attached hydrogens (primary N) is 1. The zero-order valence-corrected chi connectivity index (χ0v) is 12.5. The van der Waals surface area contributed by atoms with Crippen molar-refractivity contribution in [3.8, 4) is 0 Å². The van der Waals surface area contributed by atoms with Crippen molar-refractivity contribution in [3.05, 3.63) is 34.3 Å². The number of aryl methyl sites for hydroxylation is 1. The first-order valence-electron chi connectivity index (χ1n) is 7.44. The molecule has 1 aliphatic carbocycles. The third kappa shape index (κ3) is 3.95. The molecule has 2 nitrogen and oxygen atoms in total. The van der Waals surface area contributed by atoms with Crippen LogP contribution in [0.5, 0.6) is 0 Å². The van der Waals surface area contributed by atoms with E-state index < -0.39 is 0 Å². The average molecular weight is 281 g/mol. The van der Waals surface area contributed by atoms with E-state index in [1.807, 2.05) is 6.92 Å². The minimum Gasteiger partial charge on any atom is -0.271 e. The van der Waals surface area contributed by atoms with Crippen LogP contribution in [0.2, 0.25) is 5.02 Å². The van der Waals surface area contributed by atoms with E-state index in [2.05, 4.69) is 23.6 Å². The first-order chi connectivity index (χ1) is 9.22. The minimum atomic E-state index is 0.233. The van der Waals surface area contributed by atoms with E-state index in [4.69, 9.17) is 17.4 Å². The second kappa shape index (κ2) is 7.28. The Morgan fingerprint density at radius 3 is 2.37 bits per heavy atom. The van der Waals surface area contributed by atoms with Crippen LogP contribution in [0.4, 0.5) is 0 Å². The van der Waals surface area contributed by atoms with Crippen molar-refractivity contribution in [1.29, 1.82) is 0 Å². The van der Waals surface area contributed by atoms with Gasteiger partial charge in [0.15, 0.2) is 0 Å². The fourth-order valence-corrected chi connectivity index (χ4v) is 3.32. The van der Waals surface area contributed by atoms with Crippen molar-refractivity contribution >= 4 is 11.6 Å². The molecule has 0 aromatic heterocycles. The van der Waals surface area contributed by atoms with Gasteiger partial charge in [0.05, 0.1) is 0 Å². The second-order valence-electron chi connectivity index (χ2n) is 5.76. The van der Waals surface area contributed by atoms with Crippen LogP contribution in [0.15, 0.2) is 18.2 Å². The highest BCUT2D eigenvalue weighted by Crippen LogP contribution is 2.33.